The van der Waals surface area contributed by atoms with Crippen molar-refractivity contribution in [3.05, 3.63) is 29.3 Å². The lowest BCUT2D eigenvalue weighted by atomic mass is 9.87. The van der Waals surface area contributed by atoms with Crippen LogP contribution in [0.15, 0.2) is 18.2 Å². The van der Waals surface area contributed by atoms with Crippen LogP contribution in [0.5, 0.6) is 0 Å². The van der Waals surface area contributed by atoms with Crippen molar-refractivity contribution in [3.63, 3.8) is 0 Å². The van der Waals surface area contributed by atoms with E-state index < -0.39 is 0 Å². The van der Waals surface area contributed by atoms with Gasteiger partial charge < -0.3 is 10.6 Å². The third kappa shape index (κ3) is 3.78. The summed E-state index contributed by atoms with van der Waals surface area (Å²) in [6.45, 7) is 9.65. The van der Waals surface area contributed by atoms with Gasteiger partial charge in [0.2, 0.25) is 0 Å². The summed E-state index contributed by atoms with van der Waals surface area (Å²) in [6.07, 6.45) is 4.58. The monoisotopic (exact) mass is 288 g/mol. The van der Waals surface area contributed by atoms with Crippen LogP contribution in [0.4, 0.5) is 5.69 Å². The van der Waals surface area contributed by atoms with Crippen molar-refractivity contribution in [2.24, 2.45) is 5.41 Å². The molecule has 1 saturated carbocycles. The Labute approximate surface area is 128 Å². The molecule has 1 aliphatic rings. The van der Waals surface area contributed by atoms with E-state index in [-0.39, 0.29) is 11.3 Å². The van der Waals surface area contributed by atoms with Crippen LogP contribution >= 0.6 is 0 Å². The third-order valence-electron chi connectivity index (χ3n) is 4.62. The zero-order valence-electron chi connectivity index (χ0n) is 13.8. The van der Waals surface area contributed by atoms with Gasteiger partial charge in [-0.1, -0.05) is 27.2 Å². The standard InChI is InChI=1S/C18H28N2O/c1-5-11-19-15-9-8-14(12-13(15)2)17(21)20-16-7-6-10-18(16,3)4/h8-9,12,16,19H,5-7,10-11H2,1-4H3,(H,20,21). The number of rotatable bonds is 5. The molecule has 0 radical (unpaired) electrons. The van der Waals surface area contributed by atoms with Crippen LogP contribution in [0.1, 0.15) is 62.4 Å². The van der Waals surface area contributed by atoms with Crippen molar-refractivity contribution >= 4 is 11.6 Å². The molecule has 0 heterocycles. The van der Waals surface area contributed by atoms with Crippen molar-refractivity contribution in [2.75, 3.05) is 11.9 Å². The third-order valence-corrected chi connectivity index (χ3v) is 4.62. The second-order valence-corrected chi connectivity index (χ2v) is 6.86. The zero-order chi connectivity index (χ0) is 15.5. The summed E-state index contributed by atoms with van der Waals surface area (Å²) >= 11 is 0. The van der Waals surface area contributed by atoms with Gasteiger partial charge in [-0.3, -0.25) is 4.79 Å². The van der Waals surface area contributed by atoms with Gasteiger partial charge in [0, 0.05) is 23.8 Å². The summed E-state index contributed by atoms with van der Waals surface area (Å²) in [5.41, 5.74) is 3.22. The fourth-order valence-corrected chi connectivity index (χ4v) is 3.10. The number of aryl methyl sites for hydroxylation is 1. The number of amides is 1. The molecule has 1 aromatic carbocycles. The van der Waals surface area contributed by atoms with E-state index in [0.717, 1.165) is 36.2 Å². The van der Waals surface area contributed by atoms with E-state index in [4.69, 9.17) is 0 Å². The minimum atomic E-state index is 0.0557. The molecule has 1 atom stereocenters. The second-order valence-electron chi connectivity index (χ2n) is 6.86. The van der Waals surface area contributed by atoms with E-state index in [1.807, 2.05) is 25.1 Å². The van der Waals surface area contributed by atoms with Gasteiger partial charge in [0.15, 0.2) is 0 Å². The quantitative estimate of drug-likeness (QED) is 0.855. The lowest BCUT2D eigenvalue weighted by Gasteiger charge is -2.27. The lowest BCUT2D eigenvalue weighted by molar-refractivity contribution is 0.0910. The van der Waals surface area contributed by atoms with E-state index in [0.29, 0.717) is 6.04 Å². The van der Waals surface area contributed by atoms with Crippen LogP contribution in [-0.2, 0) is 0 Å². The molecule has 3 heteroatoms. The maximum Gasteiger partial charge on any atom is 0.251 e. The molecule has 0 aliphatic heterocycles. The highest BCUT2D eigenvalue weighted by molar-refractivity contribution is 5.95. The summed E-state index contributed by atoms with van der Waals surface area (Å²) < 4.78 is 0. The van der Waals surface area contributed by atoms with Crippen LogP contribution in [-0.4, -0.2) is 18.5 Å². The smallest absolute Gasteiger partial charge is 0.251 e. The summed E-state index contributed by atoms with van der Waals surface area (Å²) in [6, 6.07) is 6.21. The van der Waals surface area contributed by atoms with Gasteiger partial charge in [-0.15, -0.1) is 0 Å². The number of carbonyl (C=O) groups excluding carboxylic acids is 1. The Bertz CT molecular complexity index is 508. The first kappa shape index (κ1) is 15.9. The predicted octanol–water partition coefficient (Wildman–Crippen LogP) is 4.13. The highest BCUT2D eigenvalue weighted by atomic mass is 16.1. The molecule has 0 bridgehead atoms. The summed E-state index contributed by atoms with van der Waals surface area (Å²) in [7, 11) is 0. The van der Waals surface area contributed by atoms with Gasteiger partial charge in [-0.05, 0) is 55.4 Å². The van der Waals surface area contributed by atoms with Gasteiger partial charge in [-0.2, -0.15) is 0 Å². The van der Waals surface area contributed by atoms with Gasteiger partial charge in [0.1, 0.15) is 0 Å². The molecule has 1 aliphatic carbocycles. The van der Waals surface area contributed by atoms with E-state index >= 15 is 0 Å². The Kier molecular flexibility index (Phi) is 4.92. The Hall–Kier alpha value is -1.51. The van der Waals surface area contributed by atoms with Crippen molar-refractivity contribution in [1.82, 2.24) is 5.32 Å². The first-order valence-corrected chi connectivity index (χ1v) is 8.09. The normalized spacial score (nSPS) is 20.3. The number of carbonyl (C=O) groups is 1. The first-order valence-electron chi connectivity index (χ1n) is 8.09. The molecule has 21 heavy (non-hydrogen) atoms. The maximum atomic E-state index is 12.4. The molecule has 1 amide bonds. The second kappa shape index (κ2) is 6.50. The molecule has 2 rings (SSSR count). The maximum absolute atomic E-state index is 12.4. The van der Waals surface area contributed by atoms with E-state index in [9.17, 15) is 4.79 Å². The van der Waals surface area contributed by atoms with E-state index in [1.165, 1.54) is 12.8 Å². The van der Waals surface area contributed by atoms with Crippen molar-refractivity contribution < 1.29 is 4.79 Å². The molecule has 3 nitrogen and oxygen atoms in total. The average Bonchev–Trinajstić information content (AvgIpc) is 2.76. The molecular weight excluding hydrogens is 260 g/mol. The largest absolute Gasteiger partial charge is 0.385 e. The summed E-state index contributed by atoms with van der Waals surface area (Å²) in [5.74, 6) is 0.0557. The molecular formula is C18H28N2O. The fraction of sp³-hybridized carbons (Fsp3) is 0.611. The molecule has 0 spiro atoms. The molecule has 116 valence electrons. The fourth-order valence-electron chi connectivity index (χ4n) is 3.10. The highest BCUT2D eigenvalue weighted by Crippen LogP contribution is 2.37. The van der Waals surface area contributed by atoms with Crippen LogP contribution in [0, 0.1) is 12.3 Å². The number of hydrogen-bond acceptors (Lipinski definition) is 2. The lowest BCUT2D eigenvalue weighted by Crippen LogP contribution is -2.41. The molecule has 1 unspecified atom stereocenters. The summed E-state index contributed by atoms with van der Waals surface area (Å²) in [5, 5.41) is 6.60. The Balaban J connectivity index is 2.04. The molecule has 2 N–H and O–H groups in total. The Morgan fingerprint density at radius 2 is 2.14 bits per heavy atom. The van der Waals surface area contributed by atoms with E-state index in [1.54, 1.807) is 0 Å². The predicted molar refractivity (Wildman–Crippen MR) is 88.8 cm³/mol. The number of nitrogens with one attached hydrogen (secondary N) is 2. The van der Waals surface area contributed by atoms with Crippen molar-refractivity contribution in [3.8, 4) is 0 Å². The minimum absolute atomic E-state index is 0.0557. The van der Waals surface area contributed by atoms with Crippen LogP contribution in [0.2, 0.25) is 0 Å². The molecule has 1 fully saturated rings. The van der Waals surface area contributed by atoms with Crippen LogP contribution in [0.3, 0.4) is 0 Å². The zero-order valence-corrected chi connectivity index (χ0v) is 13.8. The average molecular weight is 288 g/mol. The van der Waals surface area contributed by atoms with Gasteiger partial charge >= 0.3 is 0 Å². The number of benzene rings is 1. The van der Waals surface area contributed by atoms with Gasteiger partial charge in [0.25, 0.3) is 5.91 Å². The van der Waals surface area contributed by atoms with Crippen molar-refractivity contribution in [2.45, 2.75) is 59.4 Å². The topological polar surface area (TPSA) is 41.1 Å². The van der Waals surface area contributed by atoms with E-state index in [2.05, 4.69) is 31.4 Å². The summed E-state index contributed by atoms with van der Waals surface area (Å²) in [4.78, 5) is 12.4. The van der Waals surface area contributed by atoms with Crippen molar-refractivity contribution in [1.29, 1.82) is 0 Å². The van der Waals surface area contributed by atoms with Crippen LogP contribution in [0.25, 0.3) is 0 Å². The SMILES string of the molecule is CCCNc1ccc(C(=O)NC2CCCC2(C)C)cc1C. The molecule has 1 aromatic rings. The van der Waals surface area contributed by atoms with Crippen LogP contribution < -0.4 is 10.6 Å². The Morgan fingerprint density at radius 3 is 2.71 bits per heavy atom. The Morgan fingerprint density at radius 1 is 1.38 bits per heavy atom. The van der Waals surface area contributed by atoms with Gasteiger partial charge in [0.05, 0.1) is 0 Å². The van der Waals surface area contributed by atoms with Gasteiger partial charge in [-0.25, -0.2) is 0 Å². The number of anilines is 1. The molecule has 0 aromatic heterocycles. The number of hydrogen-bond donors (Lipinski definition) is 2. The highest BCUT2D eigenvalue weighted by Gasteiger charge is 2.35. The first-order chi connectivity index (χ1) is 9.94. The molecule has 0 saturated heterocycles. The minimum Gasteiger partial charge on any atom is -0.385 e.